The van der Waals surface area contributed by atoms with Gasteiger partial charge in [-0.05, 0) is 42.8 Å². The van der Waals surface area contributed by atoms with Crippen molar-refractivity contribution in [2.24, 2.45) is 0 Å². The number of Topliss-reactive ketones (excluding diaryl/α,β-unsaturated/α-hetero) is 1. The molecule has 2 aromatic rings. The number of anilines is 1. The van der Waals surface area contributed by atoms with Crippen molar-refractivity contribution in [3.63, 3.8) is 0 Å². The molecule has 0 spiro atoms. The molecule has 0 aromatic heterocycles. The molecule has 0 aliphatic heterocycles. The van der Waals surface area contributed by atoms with Gasteiger partial charge in [-0.1, -0.05) is 12.1 Å². The van der Waals surface area contributed by atoms with Crippen LogP contribution in [0, 0.1) is 0 Å². The van der Waals surface area contributed by atoms with E-state index in [1.807, 2.05) is 0 Å². The van der Waals surface area contributed by atoms with E-state index >= 15 is 0 Å². The lowest BCUT2D eigenvalue weighted by Crippen LogP contribution is -2.09. The molecule has 0 unspecified atom stereocenters. The van der Waals surface area contributed by atoms with Crippen molar-refractivity contribution in [1.29, 1.82) is 0 Å². The first-order valence-electron chi connectivity index (χ1n) is 7.38. The Morgan fingerprint density at radius 3 is 2.40 bits per heavy atom. The van der Waals surface area contributed by atoms with E-state index in [0.29, 0.717) is 16.8 Å². The number of amides is 1. The van der Waals surface area contributed by atoms with E-state index in [0.717, 1.165) is 12.1 Å². The minimum absolute atomic E-state index is 0.141. The van der Waals surface area contributed by atoms with E-state index in [2.05, 4.69) is 5.32 Å². The molecule has 1 N–H and O–H groups in total. The minimum atomic E-state index is -4.44. The quantitative estimate of drug-likeness (QED) is 0.810. The van der Waals surface area contributed by atoms with Crippen molar-refractivity contribution in [1.82, 2.24) is 0 Å². The molecule has 0 heterocycles. The average molecular weight is 351 g/mol. The number of halogens is 3. The van der Waals surface area contributed by atoms with Gasteiger partial charge in [-0.3, -0.25) is 9.59 Å². The monoisotopic (exact) mass is 351 g/mol. The molecule has 0 atom stereocenters. The molecule has 2 aromatic carbocycles. The fourth-order valence-electron chi connectivity index (χ4n) is 2.15. The van der Waals surface area contributed by atoms with Gasteiger partial charge in [-0.25, -0.2) is 0 Å². The molecule has 25 heavy (non-hydrogen) atoms. The van der Waals surface area contributed by atoms with Crippen LogP contribution in [0.25, 0.3) is 0 Å². The summed E-state index contributed by atoms with van der Waals surface area (Å²) in [6.45, 7) is 2.55. The van der Waals surface area contributed by atoms with Gasteiger partial charge in [0.1, 0.15) is 12.4 Å². The predicted octanol–water partition coefficient (Wildman–Crippen LogP) is 4.45. The number of nitrogens with one attached hydrogen (secondary N) is 1. The molecule has 0 bridgehead atoms. The molecular formula is C18H16F3NO3. The van der Waals surface area contributed by atoms with E-state index in [4.69, 9.17) is 4.74 Å². The molecule has 2 rings (SSSR count). The molecule has 0 aliphatic carbocycles. The van der Waals surface area contributed by atoms with E-state index in [1.54, 1.807) is 0 Å². The Balaban J connectivity index is 2.25. The molecule has 0 saturated heterocycles. The highest BCUT2D eigenvalue weighted by Gasteiger charge is 2.30. The second-order valence-corrected chi connectivity index (χ2v) is 5.44. The van der Waals surface area contributed by atoms with Crippen LogP contribution < -0.4 is 10.1 Å². The summed E-state index contributed by atoms with van der Waals surface area (Å²) in [5, 5.41) is 2.56. The zero-order chi connectivity index (χ0) is 18.6. The van der Waals surface area contributed by atoms with Crippen molar-refractivity contribution in [2.75, 3.05) is 5.32 Å². The maximum Gasteiger partial charge on any atom is 0.416 e. The lowest BCUT2D eigenvalue weighted by Gasteiger charge is -2.14. The highest BCUT2D eigenvalue weighted by molar-refractivity contribution is 5.96. The van der Waals surface area contributed by atoms with Gasteiger partial charge < -0.3 is 10.1 Å². The van der Waals surface area contributed by atoms with Crippen molar-refractivity contribution < 1.29 is 27.5 Å². The molecule has 0 aliphatic rings. The van der Waals surface area contributed by atoms with E-state index in [9.17, 15) is 22.8 Å². The fraction of sp³-hybridized carbons (Fsp3) is 0.222. The molecule has 4 nitrogen and oxygen atoms in total. The molecular weight excluding hydrogens is 335 g/mol. The summed E-state index contributed by atoms with van der Waals surface area (Å²) >= 11 is 0. The number of rotatable bonds is 5. The lowest BCUT2D eigenvalue weighted by molar-refractivity contribution is -0.137. The zero-order valence-electron chi connectivity index (χ0n) is 13.6. The summed E-state index contributed by atoms with van der Waals surface area (Å²) < 4.78 is 43.8. The Kier molecular flexibility index (Phi) is 5.46. The van der Waals surface area contributed by atoms with Crippen molar-refractivity contribution in [3.8, 4) is 5.75 Å². The number of ether oxygens (including phenoxy) is 1. The molecule has 132 valence electrons. The highest BCUT2D eigenvalue weighted by atomic mass is 19.4. The molecule has 1 amide bonds. The van der Waals surface area contributed by atoms with Crippen LogP contribution in [0.4, 0.5) is 18.9 Å². The standard InChI is InChI=1S/C18H16F3NO3/c1-11(23)14-6-7-16(22-12(2)24)17(9-14)25-10-13-4-3-5-15(8-13)18(19,20)21/h3-9H,10H2,1-2H3,(H,22,24). The van der Waals surface area contributed by atoms with Crippen molar-refractivity contribution >= 4 is 17.4 Å². The summed E-state index contributed by atoms with van der Waals surface area (Å²) in [5.41, 5.74) is 0.252. The number of hydrogen-bond acceptors (Lipinski definition) is 3. The van der Waals surface area contributed by atoms with Gasteiger partial charge in [0, 0.05) is 12.5 Å². The molecule has 0 fully saturated rings. The molecule has 0 radical (unpaired) electrons. The Hall–Kier alpha value is -2.83. The average Bonchev–Trinajstić information content (AvgIpc) is 2.52. The largest absolute Gasteiger partial charge is 0.487 e. The Morgan fingerprint density at radius 1 is 1.08 bits per heavy atom. The van der Waals surface area contributed by atoms with Gasteiger partial charge in [0.2, 0.25) is 5.91 Å². The van der Waals surface area contributed by atoms with Crippen LogP contribution >= 0.6 is 0 Å². The Bertz CT molecular complexity index is 800. The van der Waals surface area contributed by atoms with Gasteiger partial charge in [-0.2, -0.15) is 13.2 Å². The Labute approximate surface area is 142 Å². The number of hydrogen-bond donors (Lipinski definition) is 1. The van der Waals surface area contributed by atoms with Crippen LogP contribution in [0.5, 0.6) is 5.75 Å². The highest BCUT2D eigenvalue weighted by Crippen LogP contribution is 2.31. The fourth-order valence-corrected chi connectivity index (χ4v) is 2.15. The second-order valence-electron chi connectivity index (χ2n) is 5.44. The van der Waals surface area contributed by atoms with Gasteiger partial charge in [0.05, 0.1) is 11.3 Å². The third-order valence-corrected chi connectivity index (χ3v) is 3.35. The van der Waals surface area contributed by atoms with Crippen LogP contribution in [0.1, 0.15) is 35.3 Å². The third-order valence-electron chi connectivity index (χ3n) is 3.35. The van der Waals surface area contributed by atoms with Crippen molar-refractivity contribution in [2.45, 2.75) is 26.6 Å². The van der Waals surface area contributed by atoms with Crippen LogP contribution in [0.2, 0.25) is 0 Å². The van der Waals surface area contributed by atoms with Crippen LogP contribution in [0.15, 0.2) is 42.5 Å². The summed E-state index contributed by atoms with van der Waals surface area (Å²) in [6.07, 6.45) is -4.44. The number of carbonyl (C=O) groups is 2. The normalized spacial score (nSPS) is 11.1. The van der Waals surface area contributed by atoms with Crippen LogP contribution in [-0.4, -0.2) is 11.7 Å². The number of ketones is 1. The summed E-state index contributed by atoms with van der Waals surface area (Å²) in [6, 6.07) is 9.26. The van der Waals surface area contributed by atoms with Crippen molar-refractivity contribution in [3.05, 3.63) is 59.2 Å². The lowest BCUT2D eigenvalue weighted by atomic mass is 10.1. The first-order valence-corrected chi connectivity index (χ1v) is 7.38. The maximum atomic E-state index is 12.8. The second kappa shape index (κ2) is 7.38. The maximum absolute atomic E-state index is 12.8. The topological polar surface area (TPSA) is 55.4 Å². The van der Waals surface area contributed by atoms with Crippen LogP contribution in [-0.2, 0) is 17.6 Å². The summed E-state index contributed by atoms with van der Waals surface area (Å²) in [7, 11) is 0. The zero-order valence-corrected chi connectivity index (χ0v) is 13.6. The first kappa shape index (κ1) is 18.5. The predicted molar refractivity (Wildman–Crippen MR) is 86.5 cm³/mol. The van der Waals surface area contributed by atoms with Gasteiger partial charge in [-0.15, -0.1) is 0 Å². The van der Waals surface area contributed by atoms with Gasteiger partial charge in [0.15, 0.2) is 5.78 Å². The van der Waals surface area contributed by atoms with Gasteiger partial charge in [0.25, 0.3) is 0 Å². The number of alkyl halides is 3. The minimum Gasteiger partial charge on any atom is -0.487 e. The number of carbonyl (C=O) groups excluding carboxylic acids is 2. The molecule has 7 heteroatoms. The van der Waals surface area contributed by atoms with Gasteiger partial charge >= 0.3 is 6.18 Å². The summed E-state index contributed by atoms with van der Waals surface area (Å²) in [5.74, 6) is -0.321. The number of benzene rings is 2. The van der Waals surface area contributed by atoms with E-state index in [-0.39, 0.29) is 24.0 Å². The Morgan fingerprint density at radius 2 is 1.80 bits per heavy atom. The molecule has 0 saturated carbocycles. The first-order chi connectivity index (χ1) is 11.7. The van der Waals surface area contributed by atoms with E-state index < -0.39 is 11.7 Å². The summed E-state index contributed by atoms with van der Waals surface area (Å²) in [4.78, 5) is 22.7. The third kappa shape index (κ3) is 5.07. The smallest absolute Gasteiger partial charge is 0.416 e. The SMILES string of the molecule is CC(=O)Nc1ccc(C(C)=O)cc1OCc1cccc(C(F)(F)F)c1. The van der Waals surface area contributed by atoms with E-state index in [1.165, 1.54) is 44.2 Å². The van der Waals surface area contributed by atoms with Crippen LogP contribution in [0.3, 0.4) is 0 Å².